The summed E-state index contributed by atoms with van der Waals surface area (Å²) in [5, 5.41) is 4.06. The van der Waals surface area contributed by atoms with Crippen LogP contribution >= 0.6 is 0 Å². The molecule has 1 aromatic heterocycles. The fourth-order valence-electron chi connectivity index (χ4n) is 4.12. The molecule has 2 fully saturated rings. The van der Waals surface area contributed by atoms with Crippen LogP contribution in [0.1, 0.15) is 24.0 Å². The third kappa shape index (κ3) is 3.27. The molecule has 2 atom stereocenters. The Bertz CT molecular complexity index is 924. The van der Waals surface area contributed by atoms with Gasteiger partial charge in [-0.1, -0.05) is 6.07 Å². The van der Waals surface area contributed by atoms with E-state index in [1.54, 1.807) is 42.0 Å². The van der Waals surface area contributed by atoms with Gasteiger partial charge in [0.2, 0.25) is 11.8 Å². The van der Waals surface area contributed by atoms with Crippen LogP contribution in [0.3, 0.4) is 0 Å². The first-order chi connectivity index (χ1) is 13.2. The zero-order valence-electron chi connectivity index (χ0n) is 15.9. The first-order valence-electron chi connectivity index (χ1n) is 9.29. The number of hydrogen-bond acceptors (Lipinski definition) is 3. The van der Waals surface area contributed by atoms with Crippen molar-refractivity contribution in [1.29, 1.82) is 0 Å². The molecule has 0 saturated carbocycles. The Balaban J connectivity index is 1.47. The highest BCUT2D eigenvalue weighted by atomic mass is 19.1. The van der Waals surface area contributed by atoms with Crippen molar-refractivity contribution in [2.24, 2.45) is 13.0 Å². The summed E-state index contributed by atoms with van der Waals surface area (Å²) in [4.78, 5) is 28.3. The minimum Gasteiger partial charge on any atom is -0.339 e. The number of benzene rings is 1. The molecule has 2 saturated heterocycles. The lowest BCUT2D eigenvalue weighted by molar-refractivity contribution is -0.135. The number of aromatic nitrogens is 2. The van der Waals surface area contributed by atoms with Crippen LogP contribution in [0.25, 0.3) is 0 Å². The van der Waals surface area contributed by atoms with E-state index in [-0.39, 0.29) is 49.9 Å². The van der Waals surface area contributed by atoms with Gasteiger partial charge in [0.25, 0.3) is 0 Å². The van der Waals surface area contributed by atoms with Crippen LogP contribution in [0.15, 0.2) is 30.6 Å². The zero-order chi connectivity index (χ0) is 20.1. The van der Waals surface area contributed by atoms with Crippen LogP contribution in [0.2, 0.25) is 0 Å². The molecule has 0 radical (unpaired) electrons. The maximum atomic E-state index is 15.5. The molecule has 0 bridgehead atoms. The predicted molar refractivity (Wildman–Crippen MR) is 98.8 cm³/mol. The standard InChI is InChI=1S/C20H22F2N4O2/c1-13-5-15(8-16(21)6-13)20(22)3-4-25(12-20)19(28)14-7-18(27)26(10-14)17-9-23-24(2)11-17/h5-6,8-9,11,14H,3-4,7,10,12H2,1-2H3. The van der Waals surface area contributed by atoms with Crippen LogP contribution in [0, 0.1) is 18.7 Å². The number of rotatable bonds is 3. The average Bonchev–Trinajstić information content (AvgIpc) is 3.33. The molecule has 4 rings (SSSR count). The van der Waals surface area contributed by atoms with Crippen molar-refractivity contribution >= 4 is 17.5 Å². The summed E-state index contributed by atoms with van der Waals surface area (Å²) in [6, 6.07) is 4.17. The molecular weight excluding hydrogens is 366 g/mol. The number of aryl methyl sites for hydroxylation is 2. The van der Waals surface area contributed by atoms with Crippen molar-refractivity contribution in [3.05, 3.63) is 47.5 Å². The van der Waals surface area contributed by atoms with Crippen molar-refractivity contribution in [2.75, 3.05) is 24.5 Å². The number of likely N-dealkylation sites (tertiary alicyclic amines) is 1. The van der Waals surface area contributed by atoms with E-state index in [4.69, 9.17) is 0 Å². The molecule has 6 nitrogen and oxygen atoms in total. The highest BCUT2D eigenvalue weighted by Crippen LogP contribution is 2.38. The van der Waals surface area contributed by atoms with Gasteiger partial charge < -0.3 is 9.80 Å². The molecule has 3 heterocycles. The summed E-state index contributed by atoms with van der Waals surface area (Å²) < 4.78 is 30.8. The Labute approximate surface area is 161 Å². The van der Waals surface area contributed by atoms with Gasteiger partial charge in [0.15, 0.2) is 5.67 Å². The summed E-state index contributed by atoms with van der Waals surface area (Å²) in [6.07, 6.45) is 3.52. The lowest BCUT2D eigenvalue weighted by Gasteiger charge is -2.24. The number of carbonyl (C=O) groups excluding carboxylic acids is 2. The topological polar surface area (TPSA) is 58.4 Å². The normalized spacial score (nSPS) is 25.0. The number of carbonyl (C=O) groups is 2. The van der Waals surface area contributed by atoms with Gasteiger partial charge in [-0.2, -0.15) is 5.10 Å². The van der Waals surface area contributed by atoms with Gasteiger partial charge >= 0.3 is 0 Å². The van der Waals surface area contributed by atoms with Gasteiger partial charge in [-0.25, -0.2) is 8.78 Å². The maximum Gasteiger partial charge on any atom is 0.228 e. The summed E-state index contributed by atoms with van der Waals surface area (Å²) in [6.45, 7) is 2.11. The zero-order valence-corrected chi connectivity index (χ0v) is 15.9. The van der Waals surface area contributed by atoms with E-state index in [1.165, 1.54) is 17.0 Å². The van der Waals surface area contributed by atoms with E-state index >= 15 is 4.39 Å². The van der Waals surface area contributed by atoms with Gasteiger partial charge in [-0.3, -0.25) is 14.3 Å². The SMILES string of the molecule is Cc1cc(F)cc(C2(F)CCN(C(=O)C3CC(=O)N(c4cnn(C)c4)C3)C2)c1. The predicted octanol–water partition coefficient (Wildman–Crippen LogP) is 2.32. The summed E-state index contributed by atoms with van der Waals surface area (Å²) in [5.41, 5.74) is -0.210. The van der Waals surface area contributed by atoms with Crippen molar-refractivity contribution in [3.8, 4) is 0 Å². The fourth-order valence-corrected chi connectivity index (χ4v) is 4.12. The van der Waals surface area contributed by atoms with Crippen LogP contribution in [-0.4, -0.2) is 46.1 Å². The van der Waals surface area contributed by atoms with Gasteiger partial charge in [0.1, 0.15) is 5.82 Å². The van der Waals surface area contributed by atoms with Crippen molar-refractivity contribution in [1.82, 2.24) is 14.7 Å². The lowest BCUT2D eigenvalue weighted by Crippen LogP contribution is -2.37. The molecule has 2 aromatic rings. The lowest BCUT2D eigenvalue weighted by atomic mass is 9.93. The second-order valence-corrected chi connectivity index (χ2v) is 7.77. The van der Waals surface area contributed by atoms with Crippen LogP contribution in [0.5, 0.6) is 0 Å². The summed E-state index contributed by atoms with van der Waals surface area (Å²) in [5.74, 6) is -1.36. The smallest absolute Gasteiger partial charge is 0.228 e. The van der Waals surface area contributed by atoms with E-state index in [0.29, 0.717) is 11.3 Å². The van der Waals surface area contributed by atoms with Gasteiger partial charge in [-0.15, -0.1) is 0 Å². The second kappa shape index (κ2) is 6.68. The molecule has 1 aromatic carbocycles. The van der Waals surface area contributed by atoms with E-state index in [0.717, 1.165) is 0 Å². The molecular formula is C20H22F2N4O2. The fraction of sp³-hybridized carbons (Fsp3) is 0.450. The number of nitrogens with zero attached hydrogens (tertiary/aromatic N) is 4. The number of hydrogen-bond donors (Lipinski definition) is 0. The Morgan fingerprint density at radius 3 is 2.79 bits per heavy atom. The Hall–Kier alpha value is -2.77. The van der Waals surface area contributed by atoms with Crippen molar-refractivity contribution in [3.63, 3.8) is 0 Å². The number of halogens is 2. The molecule has 2 aliphatic rings. The van der Waals surface area contributed by atoms with Crippen molar-refractivity contribution < 1.29 is 18.4 Å². The quantitative estimate of drug-likeness (QED) is 0.811. The number of amides is 2. The average molecular weight is 388 g/mol. The Morgan fingerprint density at radius 1 is 1.32 bits per heavy atom. The summed E-state index contributed by atoms with van der Waals surface area (Å²) >= 11 is 0. The van der Waals surface area contributed by atoms with Crippen molar-refractivity contribution in [2.45, 2.75) is 25.4 Å². The highest BCUT2D eigenvalue weighted by molar-refractivity contribution is 6.00. The highest BCUT2D eigenvalue weighted by Gasteiger charge is 2.45. The molecule has 2 aliphatic heterocycles. The molecule has 2 unspecified atom stereocenters. The molecule has 2 amide bonds. The third-order valence-electron chi connectivity index (χ3n) is 5.57. The third-order valence-corrected chi connectivity index (χ3v) is 5.57. The molecule has 148 valence electrons. The monoisotopic (exact) mass is 388 g/mol. The number of anilines is 1. The largest absolute Gasteiger partial charge is 0.339 e. The van der Waals surface area contributed by atoms with E-state index in [9.17, 15) is 14.0 Å². The second-order valence-electron chi connectivity index (χ2n) is 7.77. The minimum absolute atomic E-state index is 0.0998. The first-order valence-corrected chi connectivity index (χ1v) is 9.29. The minimum atomic E-state index is -1.77. The first kappa shape index (κ1) is 18.6. The van der Waals surface area contributed by atoms with Gasteiger partial charge in [0.05, 0.1) is 24.3 Å². The van der Waals surface area contributed by atoms with Gasteiger partial charge in [-0.05, 0) is 30.2 Å². The number of alkyl halides is 1. The van der Waals surface area contributed by atoms with E-state index < -0.39 is 17.4 Å². The molecule has 8 heteroatoms. The van der Waals surface area contributed by atoms with Crippen LogP contribution in [-0.2, 0) is 22.3 Å². The van der Waals surface area contributed by atoms with Gasteiger partial charge in [0, 0.05) is 39.2 Å². The maximum absolute atomic E-state index is 15.5. The molecule has 0 N–H and O–H groups in total. The van der Waals surface area contributed by atoms with Crippen LogP contribution in [0.4, 0.5) is 14.5 Å². The molecule has 0 spiro atoms. The Kier molecular flexibility index (Phi) is 4.44. The van der Waals surface area contributed by atoms with E-state index in [2.05, 4.69) is 5.10 Å². The Morgan fingerprint density at radius 2 is 2.11 bits per heavy atom. The molecule has 0 aliphatic carbocycles. The summed E-state index contributed by atoms with van der Waals surface area (Å²) in [7, 11) is 1.76. The molecule has 28 heavy (non-hydrogen) atoms. The van der Waals surface area contributed by atoms with Crippen LogP contribution < -0.4 is 4.90 Å². The van der Waals surface area contributed by atoms with E-state index in [1.807, 2.05) is 0 Å².